The molecule has 0 aliphatic rings. The van der Waals surface area contributed by atoms with Gasteiger partial charge in [0, 0.05) is 31.1 Å². The van der Waals surface area contributed by atoms with E-state index in [1.807, 2.05) is 13.1 Å². The van der Waals surface area contributed by atoms with Crippen LogP contribution < -0.4 is 15.4 Å². The quantitative estimate of drug-likeness (QED) is 0.255. The van der Waals surface area contributed by atoms with Crippen molar-refractivity contribution in [2.45, 2.75) is 19.5 Å². The number of aromatic nitrogens is 1. The molecule has 0 saturated carbocycles. The van der Waals surface area contributed by atoms with E-state index in [4.69, 9.17) is 4.74 Å². The number of alkyl halides is 3. The molecule has 0 spiro atoms. The Hall–Kier alpha value is -1.56. The lowest BCUT2D eigenvalue weighted by Gasteiger charge is -2.13. The summed E-state index contributed by atoms with van der Waals surface area (Å²) in [5.41, 5.74) is -0.724. The number of rotatable bonds is 7. The minimum Gasteiger partial charge on any atom is -0.492 e. The number of hydrogen-bond donors (Lipinski definition) is 2. The predicted octanol–water partition coefficient (Wildman–Crippen LogP) is 3.87. The van der Waals surface area contributed by atoms with Gasteiger partial charge in [-0.2, -0.15) is 13.2 Å². The topological polar surface area (TPSA) is 58.5 Å². The van der Waals surface area contributed by atoms with Crippen LogP contribution in [0.15, 0.2) is 35.5 Å². The van der Waals surface area contributed by atoms with Gasteiger partial charge in [-0.25, -0.2) is 4.98 Å². The Bertz CT molecular complexity index is 737. The number of benzene rings is 1. The molecule has 150 valence electrons. The summed E-state index contributed by atoms with van der Waals surface area (Å²) >= 11 is 1.66. The number of halogens is 4. The molecule has 2 rings (SSSR count). The van der Waals surface area contributed by atoms with Gasteiger partial charge in [-0.1, -0.05) is 6.07 Å². The smallest absolute Gasteiger partial charge is 0.416 e. The largest absolute Gasteiger partial charge is 0.492 e. The summed E-state index contributed by atoms with van der Waals surface area (Å²) in [7, 11) is 1.65. The zero-order valence-corrected chi connectivity index (χ0v) is 18.1. The van der Waals surface area contributed by atoms with Crippen molar-refractivity contribution in [2.75, 3.05) is 26.7 Å². The molecule has 27 heavy (non-hydrogen) atoms. The second-order valence-electron chi connectivity index (χ2n) is 5.41. The van der Waals surface area contributed by atoms with Crippen LogP contribution in [0.2, 0.25) is 0 Å². The van der Waals surface area contributed by atoms with Crippen LogP contribution in [0.4, 0.5) is 13.2 Å². The minimum atomic E-state index is -4.38. The molecule has 2 aromatic rings. The Morgan fingerprint density at radius 3 is 2.63 bits per heavy atom. The number of ether oxygens (including phenoxy) is 1. The first-order chi connectivity index (χ1) is 12.4. The molecule has 0 aliphatic heterocycles. The van der Waals surface area contributed by atoms with Crippen LogP contribution in [0.25, 0.3) is 0 Å². The Morgan fingerprint density at radius 2 is 2.00 bits per heavy atom. The number of thiazole rings is 1. The molecule has 0 aliphatic carbocycles. The van der Waals surface area contributed by atoms with E-state index >= 15 is 0 Å². The van der Waals surface area contributed by atoms with E-state index < -0.39 is 11.7 Å². The third-order valence-electron chi connectivity index (χ3n) is 3.35. The van der Waals surface area contributed by atoms with Crippen LogP contribution in [0, 0.1) is 6.92 Å². The summed E-state index contributed by atoms with van der Waals surface area (Å²) in [6.07, 6.45) is -1.74. The fourth-order valence-corrected chi connectivity index (χ4v) is 2.91. The highest BCUT2D eigenvalue weighted by atomic mass is 127. The van der Waals surface area contributed by atoms with Crippen LogP contribution >= 0.6 is 35.3 Å². The molecule has 0 amide bonds. The molecule has 10 heteroatoms. The second kappa shape index (κ2) is 11.3. The van der Waals surface area contributed by atoms with Crippen LogP contribution in [0.3, 0.4) is 0 Å². The number of hydrogen-bond acceptors (Lipinski definition) is 4. The van der Waals surface area contributed by atoms with Gasteiger partial charge in [-0.05, 0) is 25.1 Å². The first-order valence-corrected chi connectivity index (χ1v) is 8.86. The molecule has 5 nitrogen and oxygen atoms in total. The van der Waals surface area contributed by atoms with Crippen molar-refractivity contribution in [3.63, 3.8) is 0 Å². The summed E-state index contributed by atoms with van der Waals surface area (Å²) in [5.74, 6) is 0.787. The minimum absolute atomic E-state index is 0. The lowest BCUT2D eigenvalue weighted by atomic mass is 10.2. The van der Waals surface area contributed by atoms with Crippen molar-refractivity contribution in [3.8, 4) is 5.75 Å². The average molecular weight is 514 g/mol. The van der Waals surface area contributed by atoms with E-state index in [1.165, 1.54) is 17.0 Å². The predicted molar refractivity (Wildman–Crippen MR) is 112 cm³/mol. The van der Waals surface area contributed by atoms with Crippen molar-refractivity contribution in [1.82, 2.24) is 15.6 Å². The Labute approximate surface area is 177 Å². The van der Waals surface area contributed by atoms with Gasteiger partial charge in [0.05, 0.1) is 17.1 Å². The maximum atomic E-state index is 12.7. The monoisotopic (exact) mass is 514 g/mol. The molecule has 0 unspecified atom stereocenters. The van der Waals surface area contributed by atoms with Crippen molar-refractivity contribution >= 4 is 41.3 Å². The summed E-state index contributed by atoms with van der Waals surface area (Å²) in [6, 6.07) is 4.83. The molecule has 0 saturated heterocycles. The zero-order chi connectivity index (χ0) is 19.0. The maximum Gasteiger partial charge on any atom is 0.416 e. The number of aliphatic imine (C=N–C) groups is 1. The lowest BCUT2D eigenvalue weighted by molar-refractivity contribution is -0.137. The molecular weight excluding hydrogens is 492 g/mol. The fourth-order valence-electron chi connectivity index (χ4n) is 2.13. The molecule has 0 fully saturated rings. The Kier molecular flexibility index (Phi) is 9.84. The van der Waals surface area contributed by atoms with Crippen molar-refractivity contribution < 1.29 is 17.9 Å². The SMILES string of the molecule is CN=C(NCCOc1cccc(C(F)(F)F)c1)NCCc1ncc(C)s1.I. The van der Waals surface area contributed by atoms with Crippen molar-refractivity contribution in [3.05, 3.63) is 45.9 Å². The molecule has 2 N–H and O–H groups in total. The highest BCUT2D eigenvalue weighted by molar-refractivity contribution is 14.0. The van der Waals surface area contributed by atoms with Gasteiger partial charge in [-0.3, -0.25) is 4.99 Å². The average Bonchev–Trinajstić information content (AvgIpc) is 3.02. The van der Waals surface area contributed by atoms with Crippen molar-refractivity contribution in [2.24, 2.45) is 4.99 Å². The van der Waals surface area contributed by atoms with E-state index in [1.54, 1.807) is 18.4 Å². The molecule has 1 heterocycles. The van der Waals surface area contributed by atoms with Gasteiger partial charge in [0.2, 0.25) is 0 Å². The summed E-state index contributed by atoms with van der Waals surface area (Å²) in [5, 5.41) is 7.26. The first kappa shape index (κ1) is 23.5. The highest BCUT2D eigenvalue weighted by Crippen LogP contribution is 2.31. The van der Waals surface area contributed by atoms with Gasteiger partial charge in [0.25, 0.3) is 0 Å². The zero-order valence-electron chi connectivity index (χ0n) is 15.0. The fraction of sp³-hybridized carbons (Fsp3) is 0.412. The van der Waals surface area contributed by atoms with E-state index in [2.05, 4.69) is 20.6 Å². The highest BCUT2D eigenvalue weighted by Gasteiger charge is 2.30. The van der Waals surface area contributed by atoms with E-state index in [0.717, 1.165) is 23.6 Å². The molecule has 0 atom stereocenters. The normalized spacial score (nSPS) is 11.7. The molecular formula is C17H22F3IN4OS. The maximum absolute atomic E-state index is 12.7. The van der Waals surface area contributed by atoms with Crippen LogP contribution in [0.5, 0.6) is 5.75 Å². The van der Waals surface area contributed by atoms with Crippen LogP contribution in [0.1, 0.15) is 15.4 Å². The summed E-state index contributed by atoms with van der Waals surface area (Å²) in [4.78, 5) is 9.55. The summed E-state index contributed by atoms with van der Waals surface area (Å²) in [6.45, 7) is 3.32. The van der Waals surface area contributed by atoms with E-state index in [9.17, 15) is 13.2 Å². The van der Waals surface area contributed by atoms with Gasteiger partial charge in [-0.15, -0.1) is 35.3 Å². The van der Waals surface area contributed by atoms with Crippen molar-refractivity contribution in [1.29, 1.82) is 0 Å². The van der Waals surface area contributed by atoms with Gasteiger partial charge >= 0.3 is 6.18 Å². The van der Waals surface area contributed by atoms with Gasteiger partial charge in [0.15, 0.2) is 5.96 Å². The van der Waals surface area contributed by atoms with E-state index in [-0.39, 0.29) is 36.3 Å². The lowest BCUT2D eigenvalue weighted by Crippen LogP contribution is -2.40. The summed E-state index contributed by atoms with van der Waals surface area (Å²) < 4.78 is 43.3. The Morgan fingerprint density at radius 1 is 1.26 bits per heavy atom. The molecule has 1 aromatic carbocycles. The number of guanidine groups is 1. The standard InChI is InChI=1S/C17H21F3N4OS.HI/c1-12-11-24-15(26-12)6-7-22-16(21-2)23-8-9-25-14-5-3-4-13(10-14)17(18,19)20;/h3-5,10-11H,6-9H2,1-2H3,(H2,21,22,23);1H. The Balaban J connectivity index is 0.00000364. The molecule has 0 bridgehead atoms. The molecule has 1 aromatic heterocycles. The van der Waals surface area contributed by atoms with E-state index in [0.29, 0.717) is 19.0 Å². The van der Waals surface area contributed by atoms with Gasteiger partial charge in [0.1, 0.15) is 12.4 Å². The third-order valence-corrected chi connectivity index (χ3v) is 4.32. The molecule has 0 radical (unpaired) electrons. The number of aryl methyl sites for hydroxylation is 1. The number of nitrogens with zero attached hydrogens (tertiary/aromatic N) is 2. The second-order valence-corrected chi connectivity index (χ2v) is 6.73. The first-order valence-electron chi connectivity index (χ1n) is 8.04. The number of nitrogens with one attached hydrogen (secondary N) is 2. The van der Waals surface area contributed by atoms with Gasteiger partial charge < -0.3 is 15.4 Å². The van der Waals surface area contributed by atoms with Crippen LogP contribution in [-0.4, -0.2) is 37.7 Å². The van der Waals surface area contributed by atoms with Crippen LogP contribution in [-0.2, 0) is 12.6 Å². The third kappa shape index (κ3) is 8.33.